The smallest absolute Gasteiger partial charge is 0.376 e. The Morgan fingerprint density at radius 2 is 2.05 bits per heavy atom. The molecule has 0 unspecified atom stereocenters. The van der Waals surface area contributed by atoms with E-state index in [1.54, 1.807) is 6.33 Å². The molecule has 11 heteroatoms. The third-order valence-corrected chi connectivity index (χ3v) is 7.78. The lowest BCUT2D eigenvalue weighted by atomic mass is 9.72. The molecule has 2 aliphatic rings. The number of benzene rings is 1. The maximum Gasteiger partial charge on any atom is 0.433 e. The number of halogens is 3. The summed E-state index contributed by atoms with van der Waals surface area (Å²) in [4.78, 5) is 6.10. The molecule has 1 N–H and O–H groups in total. The number of fused-ring (bicyclic) bond motifs is 1. The van der Waals surface area contributed by atoms with Gasteiger partial charge in [0.15, 0.2) is 0 Å². The Morgan fingerprint density at radius 3 is 2.74 bits per heavy atom. The fourth-order valence-electron chi connectivity index (χ4n) is 5.67. The molecule has 1 saturated carbocycles. The minimum Gasteiger partial charge on any atom is -0.376 e. The number of H-pyrrole nitrogens is 1. The summed E-state index contributed by atoms with van der Waals surface area (Å²) in [5, 5.41) is 16.4. The van der Waals surface area contributed by atoms with Crippen LogP contribution in [-0.2, 0) is 24.5 Å². The van der Waals surface area contributed by atoms with Crippen LogP contribution >= 0.6 is 0 Å². The van der Waals surface area contributed by atoms with E-state index >= 15 is 0 Å². The highest BCUT2D eigenvalue weighted by Crippen LogP contribution is 2.43. The molecule has 6 rings (SSSR count). The Morgan fingerprint density at radius 1 is 1.21 bits per heavy atom. The summed E-state index contributed by atoms with van der Waals surface area (Å²) in [5.74, 6) is 1.41. The Labute approximate surface area is 218 Å². The number of hydrogen-bond donors (Lipinski definition) is 1. The molecule has 3 aromatic heterocycles. The number of aromatic nitrogens is 6. The lowest BCUT2D eigenvalue weighted by molar-refractivity contribution is -0.141. The normalized spacial score (nSPS) is 20.1. The summed E-state index contributed by atoms with van der Waals surface area (Å²) in [5.41, 5.74) is 2.26. The van der Waals surface area contributed by atoms with Gasteiger partial charge >= 0.3 is 6.18 Å². The lowest BCUT2D eigenvalue weighted by Gasteiger charge is -2.33. The van der Waals surface area contributed by atoms with Gasteiger partial charge in [-0.05, 0) is 43.4 Å². The van der Waals surface area contributed by atoms with Gasteiger partial charge in [-0.15, -0.1) is 10.2 Å². The molecule has 1 aromatic carbocycles. The molecule has 38 heavy (non-hydrogen) atoms. The number of morpholine rings is 1. The van der Waals surface area contributed by atoms with Crippen molar-refractivity contribution in [3.63, 3.8) is 0 Å². The molecule has 0 spiro atoms. The minimum atomic E-state index is -4.57. The van der Waals surface area contributed by atoms with E-state index in [9.17, 15) is 13.2 Å². The third kappa shape index (κ3) is 4.69. The van der Waals surface area contributed by atoms with Crippen LogP contribution in [0.3, 0.4) is 0 Å². The molecular formula is C27H30F3N7O. The van der Waals surface area contributed by atoms with Crippen molar-refractivity contribution in [2.24, 2.45) is 13.0 Å². The van der Waals surface area contributed by atoms with Crippen molar-refractivity contribution in [3.05, 3.63) is 59.4 Å². The average Bonchev–Trinajstić information content (AvgIpc) is 3.47. The fourth-order valence-corrected chi connectivity index (χ4v) is 5.67. The maximum atomic E-state index is 13.9. The second-order valence-electron chi connectivity index (χ2n) is 10.5. The molecule has 0 bridgehead atoms. The van der Waals surface area contributed by atoms with Crippen LogP contribution in [0.25, 0.3) is 22.2 Å². The Kier molecular flexibility index (Phi) is 6.43. The molecular weight excluding hydrogens is 495 g/mol. The quantitative estimate of drug-likeness (QED) is 0.385. The Bertz CT molecular complexity index is 1440. The average molecular weight is 526 g/mol. The Balaban J connectivity index is 1.42. The lowest BCUT2D eigenvalue weighted by Crippen LogP contribution is -2.40. The van der Waals surface area contributed by atoms with Gasteiger partial charge in [0, 0.05) is 43.5 Å². The van der Waals surface area contributed by atoms with Crippen LogP contribution < -0.4 is 0 Å². The van der Waals surface area contributed by atoms with Gasteiger partial charge in [-0.3, -0.25) is 10.00 Å². The van der Waals surface area contributed by atoms with Gasteiger partial charge in [-0.2, -0.15) is 18.3 Å². The van der Waals surface area contributed by atoms with Crippen LogP contribution in [0.2, 0.25) is 0 Å². The molecule has 1 aliphatic carbocycles. The first-order valence-electron chi connectivity index (χ1n) is 13.0. The van der Waals surface area contributed by atoms with Crippen LogP contribution in [0.4, 0.5) is 13.2 Å². The molecule has 2 fully saturated rings. The van der Waals surface area contributed by atoms with Crippen LogP contribution in [0.5, 0.6) is 0 Å². The van der Waals surface area contributed by atoms with E-state index in [0.717, 1.165) is 35.9 Å². The number of aromatic amines is 1. The van der Waals surface area contributed by atoms with Gasteiger partial charge in [0.05, 0.1) is 23.9 Å². The van der Waals surface area contributed by atoms with Crippen LogP contribution in [0, 0.1) is 5.92 Å². The van der Waals surface area contributed by atoms with Crippen molar-refractivity contribution in [3.8, 4) is 11.3 Å². The number of rotatable bonds is 6. The molecule has 200 valence electrons. The van der Waals surface area contributed by atoms with Crippen molar-refractivity contribution in [2.45, 2.75) is 50.9 Å². The van der Waals surface area contributed by atoms with E-state index in [2.05, 4.69) is 36.3 Å². The molecule has 1 saturated heterocycles. The maximum absolute atomic E-state index is 13.9. The largest absolute Gasteiger partial charge is 0.433 e. The zero-order valence-corrected chi connectivity index (χ0v) is 21.4. The third-order valence-electron chi connectivity index (χ3n) is 7.78. The number of pyridine rings is 1. The van der Waals surface area contributed by atoms with Gasteiger partial charge in [0.1, 0.15) is 23.5 Å². The summed E-state index contributed by atoms with van der Waals surface area (Å²) < 4.78 is 49.3. The second kappa shape index (κ2) is 9.77. The van der Waals surface area contributed by atoms with E-state index in [4.69, 9.17) is 4.74 Å². The van der Waals surface area contributed by atoms with E-state index in [1.807, 2.05) is 36.7 Å². The van der Waals surface area contributed by atoms with Gasteiger partial charge in [0.2, 0.25) is 0 Å². The number of nitrogens with zero attached hydrogens (tertiary/aromatic N) is 6. The summed E-state index contributed by atoms with van der Waals surface area (Å²) in [6, 6.07) is 9.03. The van der Waals surface area contributed by atoms with Crippen molar-refractivity contribution in [2.75, 3.05) is 19.7 Å². The van der Waals surface area contributed by atoms with Crippen molar-refractivity contribution < 1.29 is 17.9 Å². The predicted octanol–water partition coefficient (Wildman–Crippen LogP) is 4.92. The topological polar surface area (TPSA) is 84.8 Å². The molecule has 8 nitrogen and oxygen atoms in total. The first-order chi connectivity index (χ1) is 18.3. The summed E-state index contributed by atoms with van der Waals surface area (Å²) in [7, 11) is 1.94. The highest BCUT2D eigenvalue weighted by Gasteiger charge is 2.35. The van der Waals surface area contributed by atoms with Crippen molar-refractivity contribution >= 4 is 10.9 Å². The molecule has 4 aromatic rings. The number of nitrogens with one attached hydrogen (secondary N) is 1. The fraction of sp³-hybridized carbons (Fsp3) is 0.481. The van der Waals surface area contributed by atoms with E-state index in [0.29, 0.717) is 47.9 Å². The number of ether oxygens (including phenoxy) is 1. The van der Waals surface area contributed by atoms with Crippen LogP contribution in [0.1, 0.15) is 54.9 Å². The molecule has 4 heterocycles. The van der Waals surface area contributed by atoms with Crippen molar-refractivity contribution in [1.29, 1.82) is 0 Å². The van der Waals surface area contributed by atoms with E-state index in [-0.39, 0.29) is 18.6 Å². The molecule has 1 aliphatic heterocycles. The van der Waals surface area contributed by atoms with Crippen molar-refractivity contribution in [1.82, 2.24) is 34.8 Å². The zero-order valence-electron chi connectivity index (χ0n) is 21.4. The summed E-state index contributed by atoms with van der Waals surface area (Å²) in [6.07, 6.45) is 0.546. The standard InChI is InChI=1S/C27H30F3N7O/c1-16-13-37(9-10-38-16)14-21-25-20(12-22(32-21)27(28,29)30)24(33-34-25)19-8-4-7-18(11-19)23(17-5-3-6-17)26-35-31-15-36(26)2/h4,7-8,11-12,15-17,23H,3,5-6,9-10,13-14H2,1-2H3,(H,33,34)/t16-,23-/m1/s1. The number of aryl methyl sites for hydroxylation is 1. The molecule has 0 amide bonds. The van der Waals surface area contributed by atoms with E-state index in [1.165, 1.54) is 6.42 Å². The monoisotopic (exact) mass is 525 g/mol. The summed E-state index contributed by atoms with van der Waals surface area (Å²) >= 11 is 0. The first kappa shape index (κ1) is 25.0. The number of hydrogen-bond acceptors (Lipinski definition) is 6. The Hall–Kier alpha value is -3.31. The van der Waals surface area contributed by atoms with Gasteiger partial charge in [-0.25, -0.2) is 4.98 Å². The molecule has 0 radical (unpaired) electrons. The van der Waals surface area contributed by atoms with Gasteiger partial charge in [-0.1, -0.05) is 24.6 Å². The van der Waals surface area contributed by atoms with E-state index < -0.39 is 11.9 Å². The second-order valence-corrected chi connectivity index (χ2v) is 10.5. The highest BCUT2D eigenvalue weighted by atomic mass is 19.4. The van der Waals surface area contributed by atoms with Crippen LogP contribution in [0.15, 0.2) is 36.7 Å². The predicted molar refractivity (Wildman–Crippen MR) is 135 cm³/mol. The first-order valence-corrected chi connectivity index (χ1v) is 13.0. The summed E-state index contributed by atoms with van der Waals surface area (Å²) in [6.45, 7) is 4.05. The minimum absolute atomic E-state index is 0.0163. The number of alkyl halides is 3. The highest BCUT2D eigenvalue weighted by molar-refractivity contribution is 5.94. The SMILES string of the molecule is C[C@@H]1CN(Cc2nc(C(F)(F)F)cc3c(-c4cccc([C@H](c5nncn5C)C5CCC5)c4)n[nH]c23)CCO1. The van der Waals surface area contributed by atoms with Crippen LogP contribution in [-0.4, -0.2) is 60.6 Å². The zero-order chi connectivity index (χ0) is 26.4. The molecule has 2 atom stereocenters. The van der Waals surface area contributed by atoms with Gasteiger partial charge in [0.25, 0.3) is 0 Å². The van der Waals surface area contributed by atoms with Gasteiger partial charge < -0.3 is 9.30 Å².